The van der Waals surface area contributed by atoms with E-state index < -0.39 is 0 Å². The number of carbonyl (C=O) groups is 1. The highest BCUT2D eigenvalue weighted by Gasteiger charge is 2.22. The molecule has 1 aliphatic carbocycles. The fourth-order valence-corrected chi connectivity index (χ4v) is 2.77. The average molecular weight is 239 g/mol. The van der Waals surface area contributed by atoms with Crippen LogP contribution >= 0.6 is 0 Å². The summed E-state index contributed by atoms with van der Waals surface area (Å²) in [6.07, 6.45) is 3.64. The van der Waals surface area contributed by atoms with Gasteiger partial charge in [-0.2, -0.15) is 0 Å². The zero-order valence-corrected chi connectivity index (χ0v) is 10.6. The number of carbonyl (C=O) groups excluding carboxylic acids is 1. The van der Waals surface area contributed by atoms with E-state index in [1.807, 2.05) is 6.07 Å². The summed E-state index contributed by atoms with van der Waals surface area (Å²) in [5, 5.41) is 0. The number of Topliss-reactive ketones (excluding diaryl/α,β-unsaturated/α-hetero) is 1. The smallest absolute Gasteiger partial charge is 0.164 e. The van der Waals surface area contributed by atoms with Gasteiger partial charge in [-0.05, 0) is 24.5 Å². The molecule has 0 N–H and O–H groups in total. The third-order valence-electron chi connectivity index (χ3n) is 3.80. The monoisotopic (exact) mass is 239 g/mol. The van der Waals surface area contributed by atoms with Crippen molar-refractivity contribution in [2.24, 2.45) is 7.05 Å². The van der Waals surface area contributed by atoms with Gasteiger partial charge in [0.25, 0.3) is 0 Å². The summed E-state index contributed by atoms with van der Waals surface area (Å²) in [4.78, 5) is 11.9. The Morgan fingerprint density at radius 2 is 1.94 bits per heavy atom. The van der Waals surface area contributed by atoms with Crippen molar-refractivity contribution in [3.8, 4) is 0 Å². The Hall–Kier alpha value is -1.83. The van der Waals surface area contributed by atoms with E-state index in [2.05, 4.69) is 41.9 Å². The number of benzene rings is 1. The van der Waals surface area contributed by atoms with E-state index >= 15 is 0 Å². The summed E-state index contributed by atoms with van der Waals surface area (Å²) in [7, 11) is 2.08. The number of rotatable bonds is 2. The van der Waals surface area contributed by atoms with E-state index in [1.165, 1.54) is 17.0 Å². The second-order valence-corrected chi connectivity index (χ2v) is 4.99. The highest BCUT2D eigenvalue weighted by atomic mass is 16.1. The normalized spacial score (nSPS) is 14.6. The van der Waals surface area contributed by atoms with E-state index in [0.717, 1.165) is 24.8 Å². The second kappa shape index (κ2) is 4.45. The molecule has 0 bridgehead atoms. The van der Waals surface area contributed by atoms with Gasteiger partial charge in [0.05, 0.1) is 0 Å². The molecule has 0 saturated heterocycles. The van der Waals surface area contributed by atoms with E-state index in [9.17, 15) is 4.79 Å². The van der Waals surface area contributed by atoms with Crippen LogP contribution in [0.25, 0.3) is 0 Å². The summed E-state index contributed by atoms with van der Waals surface area (Å²) < 4.78 is 2.21. The lowest BCUT2D eigenvalue weighted by molar-refractivity contribution is 0.0972. The third-order valence-corrected chi connectivity index (χ3v) is 3.80. The first-order valence-electron chi connectivity index (χ1n) is 6.50. The van der Waals surface area contributed by atoms with Crippen molar-refractivity contribution in [2.75, 3.05) is 0 Å². The molecule has 0 fully saturated rings. The first-order chi connectivity index (χ1) is 8.75. The van der Waals surface area contributed by atoms with E-state index in [-0.39, 0.29) is 0 Å². The van der Waals surface area contributed by atoms with Crippen LogP contribution in [0.5, 0.6) is 0 Å². The van der Waals surface area contributed by atoms with Gasteiger partial charge >= 0.3 is 0 Å². The summed E-state index contributed by atoms with van der Waals surface area (Å²) >= 11 is 0. The molecular weight excluding hydrogens is 222 g/mol. The maximum Gasteiger partial charge on any atom is 0.164 e. The standard InChI is InChI=1S/C16H17NO/c1-17-13(10-12-6-3-2-4-7-12)11-14-15(17)8-5-9-16(14)18/h2-4,6-7,11H,5,8-10H2,1H3. The predicted octanol–water partition coefficient (Wildman–Crippen LogP) is 3.13. The molecule has 1 aromatic heterocycles. The van der Waals surface area contributed by atoms with Crippen molar-refractivity contribution in [3.63, 3.8) is 0 Å². The Balaban J connectivity index is 1.96. The molecule has 2 nitrogen and oxygen atoms in total. The minimum atomic E-state index is 0.311. The molecule has 2 aromatic rings. The minimum Gasteiger partial charge on any atom is -0.351 e. The number of aromatic nitrogens is 1. The van der Waals surface area contributed by atoms with Crippen LogP contribution in [-0.2, 0) is 19.9 Å². The molecule has 1 aromatic carbocycles. The van der Waals surface area contributed by atoms with E-state index in [4.69, 9.17) is 0 Å². The lowest BCUT2D eigenvalue weighted by atomic mass is 9.96. The number of fused-ring (bicyclic) bond motifs is 1. The summed E-state index contributed by atoms with van der Waals surface area (Å²) in [5.74, 6) is 0.311. The zero-order chi connectivity index (χ0) is 12.5. The van der Waals surface area contributed by atoms with Gasteiger partial charge in [-0.15, -0.1) is 0 Å². The van der Waals surface area contributed by atoms with Gasteiger partial charge < -0.3 is 4.57 Å². The Morgan fingerprint density at radius 3 is 2.67 bits per heavy atom. The molecule has 0 saturated carbocycles. The van der Waals surface area contributed by atoms with Crippen molar-refractivity contribution >= 4 is 5.78 Å². The van der Waals surface area contributed by atoms with Crippen molar-refractivity contribution in [2.45, 2.75) is 25.7 Å². The molecule has 3 rings (SSSR count). The van der Waals surface area contributed by atoms with Crippen molar-refractivity contribution < 1.29 is 4.79 Å². The molecule has 1 heterocycles. The highest BCUT2D eigenvalue weighted by molar-refractivity contribution is 5.98. The maximum absolute atomic E-state index is 11.9. The van der Waals surface area contributed by atoms with Gasteiger partial charge in [0, 0.05) is 36.8 Å². The lowest BCUT2D eigenvalue weighted by Crippen LogP contribution is -2.11. The van der Waals surface area contributed by atoms with Gasteiger partial charge in [-0.25, -0.2) is 0 Å². The molecule has 0 spiro atoms. The Kier molecular flexibility index (Phi) is 2.78. The molecule has 0 unspecified atom stereocenters. The van der Waals surface area contributed by atoms with Crippen LogP contribution in [0, 0.1) is 0 Å². The van der Waals surface area contributed by atoms with Crippen LogP contribution in [0.3, 0.4) is 0 Å². The molecule has 1 aliphatic rings. The van der Waals surface area contributed by atoms with Crippen molar-refractivity contribution in [3.05, 3.63) is 58.9 Å². The van der Waals surface area contributed by atoms with Crippen LogP contribution in [0.1, 0.15) is 40.2 Å². The topological polar surface area (TPSA) is 22.0 Å². The predicted molar refractivity (Wildman–Crippen MR) is 71.9 cm³/mol. The quantitative estimate of drug-likeness (QED) is 0.789. The van der Waals surface area contributed by atoms with Crippen molar-refractivity contribution in [1.29, 1.82) is 0 Å². The molecule has 0 aliphatic heterocycles. The molecule has 18 heavy (non-hydrogen) atoms. The average Bonchev–Trinajstić information content (AvgIpc) is 2.70. The molecule has 0 radical (unpaired) electrons. The Bertz CT molecular complexity index is 581. The van der Waals surface area contributed by atoms with Crippen LogP contribution in [-0.4, -0.2) is 10.4 Å². The van der Waals surface area contributed by atoms with Crippen LogP contribution in [0.15, 0.2) is 36.4 Å². The largest absolute Gasteiger partial charge is 0.351 e. The Labute approximate surface area is 107 Å². The van der Waals surface area contributed by atoms with Crippen molar-refractivity contribution in [1.82, 2.24) is 4.57 Å². The molecule has 92 valence electrons. The maximum atomic E-state index is 11.9. The van der Waals surface area contributed by atoms with Gasteiger partial charge in [0.2, 0.25) is 0 Å². The van der Waals surface area contributed by atoms with E-state index in [1.54, 1.807) is 0 Å². The molecule has 0 amide bonds. The summed E-state index contributed by atoms with van der Waals surface area (Å²) in [5.41, 5.74) is 4.70. The zero-order valence-electron chi connectivity index (χ0n) is 10.6. The first-order valence-corrected chi connectivity index (χ1v) is 6.50. The summed E-state index contributed by atoms with van der Waals surface area (Å²) in [6.45, 7) is 0. The van der Waals surface area contributed by atoms with Gasteiger partial charge in [0.1, 0.15) is 0 Å². The van der Waals surface area contributed by atoms with Crippen LogP contribution < -0.4 is 0 Å². The number of ketones is 1. The number of hydrogen-bond donors (Lipinski definition) is 0. The van der Waals surface area contributed by atoms with Crippen LogP contribution in [0.4, 0.5) is 0 Å². The minimum absolute atomic E-state index is 0.311. The second-order valence-electron chi connectivity index (χ2n) is 4.99. The van der Waals surface area contributed by atoms with Gasteiger partial charge in [-0.3, -0.25) is 4.79 Å². The van der Waals surface area contributed by atoms with E-state index in [0.29, 0.717) is 12.2 Å². The molecular formula is C16H17NO. The van der Waals surface area contributed by atoms with Crippen LogP contribution in [0.2, 0.25) is 0 Å². The van der Waals surface area contributed by atoms with Gasteiger partial charge in [-0.1, -0.05) is 30.3 Å². The summed E-state index contributed by atoms with van der Waals surface area (Å²) in [6, 6.07) is 12.5. The lowest BCUT2D eigenvalue weighted by Gasteiger charge is -2.12. The fraction of sp³-hybridized carbons (Fsp3) is 0.312. The number of hydrogen-bond acceptors (Lipinski definition) is 1. The SMILES string of the molecule is Cn1c(Cc2ccccc2)cc2c1CCCC2=O. The number of nitrogens with zero attached hydrogens (tertiary/aromatic N) is 1. The Morgan fingerprint density at radius 1 is 1.17 bits per heavy atom. The highest BCUT2D eigenvalue weighted by Crippen LogP contribution is 2.25. The van der Waals surface area contributed by atoms with Gasteiger partial charge in [0.15, 0.2) is 5.78 Å². The third kappa shape index (κ3) is 1.88. The fourth-order valence-electron chi connectivity index (χ4n) is 2.77. The molecule has 2 heteroatoms. The molecule has 0 atom stereocenters. The first kappa shape index (κ1) is 11.3.